The Morgan fingerprint density at radius 2 is 1.88 bits per heavy atom. The lowest BCUT2D eigenvalue weighted by atomic mass is 10.0. The van der Waals surface area contributed by atoms with Crippen LogP contribution >= 0.6 is 12.4 Å². The number of fused-ring (bicyclic) bond motifs is 1. The average Bonchev–Trinajstić information content (AvgIpc) is 2.99. The quantitative estimate of drug-likeness (QED) is 0.730. The molecule has 0 amide bonds. The molecule has 140 valence electrons. The van der Waals surface area contributed by atoms with Gasteiger partial charge in [0.15, 0.2) is 5.82 Å². The van der Waals surface area contributed by atoms with Crippen LogP contribution in [0.5, 0.6) is 0 Å². The summed E-state index contributed by atoms with van der Waals surface area (Å²) in [5.74, 6) is 1.53. The highest BCUT2D eigenvalue weighted by atomic mass is 35.5. The lowest BCUT2D eigenvalue weighted by molar-refractivity contribution is 0.482. The van der Waals surface area contributed by atoms with Crippen molar-refractivity contribution in [1.29, 1.82) is 0 Å². The lowest BCUT2D eigenvalue weighted by Crippen LogP contribution is -2.38. The van der Waals surface area contributed by atoms with Crippen LogP contribution in [0.25, 0.3) is 22.3 Å². The normalized spacial score (nSPS) is 16.9. The Morgan fingerprint density at radius 1 is 1.15 bits per heavy atom. The molecule has 3 heterocycles. The Bertz CT molecular complexity index is 881. The molecule has 0 saturated carbocycles. The minimum atomic E-state index is -0.228. The van der Waals surface area contributed by atoms with Crippen LogP contribution in [0.1, 0.15) is 32.0 Å². The maximum Gasteiger partial charge on any atom is 0.157 e. The third-order valence-electron chi connectivity index (χ3n) is 4.80. The van der Waals surface area contributed by atoms with Crippen LogP contribution in [-0.2, 0) is 0 Å². The Kier molecular flexibility index (Phi) is 6.21. The SMILES string of the molecule is Cc1nc(N2CCCCC2C)c2[nH]c(-c3ccc(F)cc3)cc2n1.Cl.O. The molecule has 3 aromatic rings. The van der Waals surface area contributed by atoms with Crippen molar-refractivity contribution in [2.45, 2.75) is 39.2 Å². The molecule has 4 rings (SSSR count). The molecule has 7 heteroatoms. The first-order chi connectivity index (χ1) is 11.6. The molecule has 5 nitrogen and oxygen atoms in total. The molecular formula is C19H24ClFN4O. The molecule has 3 N–H and O–H groups in total. The van der Waals surface area contributed by atoms with Gasteiger partial charge in [-0.1, -0.05) is 0 Å². The minimum absolute atomic E-state index is 0. The summed E-state index contributed by atoms with van der Waals surface area (Å²) in [6.45, 7) is 5.21. The van der Waals surface area contributed by atoms with Crippen molar-refractivity contribution in [3.63, 3.8) is 0 Å². The molecule has 0 aliphatic carbocycles. The summed E-state index contributed by atoms with van der Waals surface area (Å²) in [7, 11) is 0. The summed E-state index contributed by atoms with van der Waals surface area (Å²) in [6.07, 6.45) is 3.66. The number of nitrogens with zero attached hydrogens (tertiary/aromatic N) is 3. The molecule has 1 aliphatic rings. The molecule has 1 unspecified atom stereocenters. The number of nitrogens with one attached hydrogen (secondary N) is 1. The zero-order chi connectivity index (χ0) is 16.7. The standard InChI is InChI=1S/C19H21FN4.ClH.H2O/c1-12-5-3-4-10-24(12)19-18-17(21-13(2)22-19)11-16(23-18)14-6-8-15(20)9-7-14;;/h6-9,11-12,23H,3-5,10H2,1-2H3;1H;1H2. The fourth-order valence-electron chi connectivity index (χ4n) is 3.52. The second-order valence-corrected chi connectivity index (χ2v) is 6.58. The van der Waals surface area contributed by atoms with Crippen LogP contribution in [0, 0.1) is 12.7 Å². The van der Waals surface area contributed by atoms with Gasteiger partial charge in [-0.15, -0.1) is 12.4 Å². The third kappa shape index (κ3) is 3.66. The van der Waals surface area contributed by atoms with Gasteiger partial charge in [0.2, 0.25) is 0 Å². The molecule has 2 aromatic heterocycles. The van der Waals surface area contributed by atoms with E-state index in [0.29, 0.717) is 6.04 Å². The van der Waals surface area contributed by atoms with Gasteiger partial charge in [0.05, 0.1) is 5.52 Å². The highest BCUT2D eigenvalue weighted by Crippen LogP contribution is 2.32. The van der Waals surface area contributed by atoms with Crippen LogP contribution < -0.4 is 4.90 Å². The summed E-state index contributed by atoms with van der Waals surface area (Å²) >= 11 is 0. The van der Waals surface area contributed by atoms with E-state index in [4.69, 9.17) is 4.98 Å². The van der Waals surface area contributed by atoms with E-state index >= 15 is 0 Å². The van der Waals surface area contributed by atoms with Crippen molar-refractivity contribution in [2.24, 2.45) is 0 Å². The third-order valence-corrected chi connectivity index (χ3v) is 4.80. The Balaban J connectivity index is 0.00000121. The molecule has 1 aliphatic heterocycles. The maximum absolute atomic E-state index is 13.2. The summed E-state index contributed by atoms with van der Waals surface area (Å²) < 4.78 is 13.2. The number of benzene rings is 1. The fraction of sp³-hybridized carbons (Fsp3) is 0.368. The van der Waals surface area contributed by atoms with Gasteiger partial charge in [-0.25, -0.2) is 14.4 Å². The summed E-state index contributed by atoms with van der Waals surface area (Å²) in [4.78, 5) is 15.1. The number of aromatic nitrogens is 3. The van der Waals surface area contributed by atoms with Gasteiger partial charge in [-0.2, -0.15) is 0 Å². The monoisotopic (exact) mass is 378 g/mol. The topological polar surface area (TPSA) is 76.3 Å². The summed E-state index contributed by atoms with van der Waals surface area (Å²) in [6, 6.07) is 9.02. The van der Waals surface area contributed by atoms with Crippen LogP contribution in [0.2, 0.25) is 0 Å². The van der Waals surface area contributed by atoms with Gasteiger partial charge >= 0.3 is 0 Å². The maximum atomic E-state index is 13.2. The Labute approximate surface area is 158 Å². The molecule has 0 bridgehead atoms. The first-order valence-electron chi connectivity index (χ1n) is 8.52. The van der Waals surface area contributed by atoms with Gasteiger partial charge in [-0.3, -0.25) is 0 Å². The highest BCUT2D eigenvalue weighted by molar-refractivity contribution is 5.91. The highest BCUT2D eigenvalue weighted by Gasteiger charge is 2.23. The zero-order valence-corrected chi connectivity index (χ0v) is 15.7. The van der Waals surface area contributed by atoms with E-state index < -0.39 is 0 Å². The van der Waals surface area contributed by atoms with Crippen molar-refractivity contribution in [2.75, 3.05) is 11.4 Å². The van der Waals surface area contributed by atoms with Crippen LogP contribution in [0.4, 0.5) is 10.2 Å². The minimum Gasteiger partial charge on any atom is -0.412 e. The van der Waals surface area contributed by atoms with Crippen LogP contribution in [0.3, 0.4) is 0 Å². The van der Waals surface area contributed by atoms with Crippen molar-refractivity contribution in [1.82, 2.24) is 15.0 Å². The Morgan fingerprint density at radius 3 is 2.58 bits per heavy atom. The molecule has 0 radical (unpaired) electrons. The second kappa shape index (κ2) is 8.01. The van der Waals surface area contributed by atoms with E-state index in [0.717, 1.165) is 40.5 Å². The van der Waals surface area contributed by atoms with E-state index in [1.807, 2.05) is 13.0 Å². The van der Waals surface area contributed by atoms with E-state index in [1.165, 1.54) is 31.4 Å². The molecule has 1 aromatic carbocycles. The summed E-state index contributed by atoms with van der Waals surface area (Å²) in [5, 5.41) is 0. The Hall–Kier alpha value is -2.18. The van der Waals surface area contributed by atoms with Gasteiger partial charge < -0.3 is 15.4 Å². The lowest BCUT2D eigenvalue weighted by Gasteiger charge is -2.34. The number of anilines is 1. The molecule has 26 heavy (non-hydrogen) atoms. The number of aryl methyl sites for hydroxylation is 1. The van der Waals surface area contributed by atoms with E-state index in [-0.39, 0.29) is 23.7 Å². The van der Waals surface area contributed by atoms with Crippen LogP contribution in [-0.4, -0.2) is 33.0 Å². The van der Waals surface area contributed by atoms with Crippen molar-refractivity contribution in [3.8, 4) is 11.3 Å². The molecular weight excluding hydrogens is 355 g/mol. The molecule has 1 atom stereocenters. The number of H-pyrrole nitrogens is 1. The van der Waals surface area contributed by atoms with Gasteiger partial charge in [0.1, 0.15) is 17.2 Å². The average molecular weight is 379 g/mol. The van der Waals surface area contributed by atoms with Crippen molar-refractivity contribution in [3.05, 3.63) is 42.0 Å². The summed E-state index contributed by atoms with van der Waals surface area (Å²) in [5.41, 5.74) is 3.77. The molecule has 1 fully saturated rings. The second-order valence-electron chi connectivity index (χ2n) is 6.58. The van der Waals surface area contributed by atoms with Gasteiger partial charge in [0, 0.05) is 18.3 Å². The fourth-order valence-corrected chi connectivity index (χ4v) is 3.52. The smallest absolute Gasteiger partial charge is 0.157 e. The zero-order valence-electron chi connectivity index (χ0n) is 14.9. The largest absolute Gasteiger partial charge is 0.412 e. The van der Waals surface area contributed by atoms with E-state index in [2.05, 4.69) is 21.8 Å². The number of piperidine rings is 1. The van der Waals surface area contributed by atoms with Crippen molar-refractivity contribution >= 4 is 29.3 Å². The van der Waals surface area contributed by atoms with Crippen LogP contribution in [0.15, 0.2) is 30.3 Å². The first kappa shape index (κ1) is 20.1. The number of aromatic amines is 1. The predicted octanol–water partition coefficient (Wildman–Crippen LogP) is 4.05. The number of halogens is 2. The number of hydrogen-bond donors (Lipinski definition) is 1. The van der Waals surface area contributed by atoms with E-state index in [9.17, 15) is 4.39 Å². The van der Waals surface area contributed by atoms with Crippen molar-refractivity contribution < 1.29 is 9.87 Å². The van der Waals surface area contributed by atoms with E-state index in [1.54, 1.807) is 12.1 Å². The van der Waals surface area contributed by atoms with Gasteiger partial charge in [0.25, 0.3) is 0 Å². The number of hydrogen-bond acceptors (Lipinski definition) is 3. The number of rotatable bonds is 2. The molecule has 1 saturated heterocycles. The first-order valence-corrected chi connectivity index (χ1v) is 8.52. The predicted molar refractivity (Wildman–Crippen MR) is 106 cm³/mol. The molecule has 0 spiro atoms. The van der Waals surface area contributed by atoms with Gasteiger partial charge in [-0.05, 0) is 69.0 Å².